The lowest BCUT2D eigenvalue weighted by molar-refractivity contribution is -0.145. The number of carbonyl (C=O) groups is 2. The average Bonchev–Trinajstić information content (AvgIpc) is 2.84. The summed E-state index contributed by atoms with van der Waals surface area (Å²) < 4.78 is 5.15. The number of carboxylic acid groups (broad SMARTS) is 1. The topological polar surface area (TPSA) is 92.9 Å². The summed E-state index contributed by atoms with van der Waals surface area (Å²) in [4.78, 5) is 24.6. The highest BCUT2D eigenvalue weighted by molar-refractivity contribution is 5.83. The predicted octanol–water partition coefficient (Wildman–Crippen LogP) is -0.0822. The Hall–Kier alpha value is -1.14. The first-order chi connectivity index (χ1) is 8.40. The second-order valence-electron chi connectivity index (χ2n) is 4.91. The molecule has 2 unspecified atom stereocenters. The van der Waals surface area contributed by atoms with Crippen LogP contribution in [0.4, 0.5) is 0 Å². The fourth-order valence-corrected chi connectivity index (χ4v) is 2.06. The second-order valence-corrected chi connectivity index (χ2v) is 4.91. The molecule has 1 rings (SSSR count). The monoisotopic (exact) mass is 258 g/mol. The number of nitrogens with two attached hydrogens (primary N) is 1. The molecule has 0 aliphatic carbocycles. The molecule has 0 radical (unpaired) electrons. The van der Waals surface area contributed by atoms with E-state index in [2.05, 4.69) is 0 Å². The van der Waals surface area contributed by atoms with Gasteiger partial charge in [-0.3, -0.25) is 9.59 Å². The maximum absolute atomic E-state index is 12.2. The number of amides is 1. The van der Waals surface area contributed by atoms with Gasteiger partial charge >= 0.3 is 5.97 Å². The molecule has 104 valence electrons. The third-order valence-corrected chi connectivity index (χ3v) is 3.75. The van der Waals surface area contributed by atoms with Crippen LogP contribution < -0.4 is 5.73 Å². The van der Waals surface area contributed by atoms with Gasteiger partial charge in [0.25, 0.3) is 0 Å². The van der Waals surface area contributed by atoms with Crippen molar-refractivity contribution in [1.29, 1.82) is 0 Å². The van der Waals surface area contributed by atoms with E-state index in [0.29, 0.717) is 0 Å². The Morgan fingerprint density at radius 2 is 2.11 bits per heavy atom. The van der Waals surface area contributed by atoms with E-state index in [0.717, 1.165) is 6.42 Å². The highest BCUT2D eigenvalue weighted by Crippen LogP contribution is 2.20. The number of likely N-dealkylation sites (N-methyl/N-ethyl adjacent to an activating group) is 1. The summed E-state index contributed by atoms with van der Waals surface area (Å²) in [5, 5.41) is 9.06. The lowest BCUT2D eigenvalue weighted by Crippen LogP contribution is -2.52. The number of ether oxygens (including phenoxy) is 1. The fourth-order valence-electron chi connectivity index (χ4n) is 2.06. The van der Waals surface area contributed by atoms with Crippen molar-refractivity contribution in [3.8, 4) is 0 Å². The molecular weight excluding hydrogens is 236 g/mol. The minimum atomic E-state index is -0.936. The summed E-state index contributed by atoms with van der Waals surface area (Å²) in [6, 6.07) is -1.01. The van der Waals surface area contributed by atoms with E-state index in [4.69, 9.17) is 15.6 Å². The van der Waals surface area contributed by atoms with Gasteiger partial charge in [0, 0.05) is 7.05 Å². The number of aliphatic carboxylic acids is 1. The Kier molecular flexibility index (Phi) is 5.10. The van der Waals surface area contributed by atoms with Gasteiger partial charge in [0.15, 0.2) is 0 Å². The summed E-state index contributed by atoms with van der Waals surface area (Å²) in [6.45, 7) is 4.29. The van der Waals surface area contributed by atoms with Gasteiger partial charge in [-0.25, -0.2) is 0 Å². The van der Waals surface area contributed by atoms with Crippen LogP contribution in [0.1, 0.15) is 20.3 Å². The molecule has 0 aromatic rings. The van der Waals surface area contributed by atoms with Gasteiger partial charge in [-0.15, -0.1) is 0 Å². The van der Waals surface area contributed by atoms with Crippen molar-refractivity contribution in [2.24, 2.45) is 17.6 Å². The molecule has 18 heavy (non-hydrogen) atoms. The maximum atomic E-state index is 12.2. The van der Waals surface area contributed by atoms with Crippen LogP contribution in [0.5, 0.6) is 0 Å². The van der Waals surface area contributed by atoms with E-state index in [-0.39, 0.29) is 25.0 Å². The van der Waals surface area contributed by atoms with Crippen molar-refractivity contribution < 1.29 is 19.4 Å². The van der Waals surface area contributed by atoms with Crippen LogP contribution in [-0.4, -0.2) is 54.2 Å². The van der Waals surface area contributed by atoms with Crippen LogP contribution >= 0.6 is 0 Å². The second kappa shape index (κ2) is 6.15. The van der Waals surface area contributed by atoms with Crippen LogP contribution in [0.2, 0.25) is 0 Å². The Bertz CT molecular complexity index is 321. The van der Waals surface area contributed by atoms with Crippen LogP contribution in [-0.2, 0) is 14.3 Å². The van der Waals surface area contributed by atoms with E-state index < -0.39 is 24.0 Å². The third kappa shape index (κ3) is 3.00. The zero-order chi connectivity index (χ0) is 13.9. The number of carbonyl (C=O) groups excluding carboxylic acids is 1. The first-order valence-corrected chi connectivity index (χ1v) is 6.22. The molecule has 1 amide bonds. The predicted molar refractivity (Wildman–Crippen MR) is 65.9 cm³/mol. The molecule has 1 aliphatic rings. The fraction of sp³-hybridized carbons (Fsp3) is 0.833. The summed E-state index contributed by atoms with van der Waals surface area (Å²) in [5.74, 6) is -1.74. The van der Waals surface area contributed by atoms with Crippen molar-refractivity contribution in [3.63, 3.8) is 0 Å². The number of hydrogen-bond donors (Lipinski definition) is 2. The lowest BCUT2D eigenvalue weighted by Gasteiger charge is -2.30. The van der Waals surface area contributed by atoms with Gasteiger partial charge in [-0.05, 0) is 5.92 Å². The van der Waals surface area contributed by atoms with Crippen molar-refractivity contribution >= 4 is 11.9 Å². The van der Waals surface area contributed by atoms with Crippen molar-refractivity contribution in [2.45, 2.75) is 32.4 Å². The first-order valence-electron chi connectivity index (χ1n) is 6.22. The van der Waals surface area contributed by atoms with Gasteiger partial charge in [0.1, 0.15) is 5.92 Å². The summed E-state index contributed by atoms with van der Waals surface area (Å²) in [6.07, 6.45) is 0.810. The van der Waals surface area contributed by atoms with Crippen LogP contribution in [0, 0.1) is 11.8 Å². The third-order valence-electron chi connectivity index (χ3n) is 3.75. The molecule has 0 aromatic heterocycles. The van der Waals surface area contributed by atoms with E-state index >= 15 is 0 Å². The molecule has 1 fully saturated rings. The number of nitrogens with zero attached hydrogens (tertiary/aromatic N) is 1. The molecular formula is C12H22N2O4. The van der Waals surface area contributed by atoms with Gasteiger partial charge in [0.05, 0.1) is 25.3 Å². The molecule has 0 spiro atoms. The summed E-state index contributed by atoms with van der Waals surface area (Å²) >= 11 is 0. The van der Waals surface area contributed by atoms with Gasteiger partial charge in [-0.2, -0.15) is 0 Å². The molecule has 1 saturated heterocycles. The van der Waals surface area contributed by atoms with Crippen molar-refractivity contribution in [2.75, 3.05) is 20.3 Å². The van der Waals surface area contributed by atoms with E-state index in [1.54, 1.807) is 7.05 Å². The SMILES string of the molecule is CC[C@H](C)[C@H](N)C(=O)N(C)C1COCC1C(=O)O. The highest BCUT2D eigenvalue weighted by Gasteiger charge is 2.39. The van der Waals surface area contributed by atoms with Gasteiger partial charge in [0.2, 0.25) is 5.91 Å². The molecule has 6 heteroatoms. The first kappa shape index (κ1) is 14.9. The Balaban J connectivity index is 2.71. The van der Waals surface area contributed by atoms with E-state index in [1.165, 1.54) is 4.90 Å². The van der Waals surface area contributed by atoms with E-state index in [9.17, 15) is 9.59 Å². The standard InChI is InChI=1S/C12H22N2O4/c1-4-7(2)10(13)11(15)14(3)9-6-18-5-8(9)12(16)17/h7-10H,4-6,13H2,1-3H3,(H,16,17)/t7-,8?,9?,10-/m0/s1. The zero-order valence-corrected chi connectivity index (χ0v) is 11.1. The van der Waals surface area contributed by atoms with Crippen LogP contribution in [0.25, 0.3) is 0 Å². The van der Waals surface area contributed by atoms with Crippen LogP contribution in [0.3, 0.4) is 0 Å². The lowest BCUT2D eigenvalue weighted by atomic mass is 9.96. The molecule has 3 N–H and O–H groups in total. The molecule has 0 bridgehead atoms. The molecule has 0 aromatic carbocycles. The van der Waals surface area contributed by atoms with Gasteiger partial charge in [-0.1, -0.05) is 20.3 Å². The number of carboxylic acids is 1. The van der Waals surface area contributed by atoms with E-state index in [1.807, 2.05) is 13.8 Å². The van der Waals surface area contributed by atoms with Gasteiger partial charge < -0.3 is 20.5 Å². The normalized spacial score (nSPS) is 26.7. The Morgan fingerprint density at radius 1 is 1.50 bits per heavy atom. The Morgan fingerprint density at radius 3 is 2.61 bits per heavy atom. The van der Waals surface area contributed by atoms with Crippen molar-refractivity contribution in [3.05, 3.63) is 0 Å². The summed E-state index contributed by atoms with van der Waals surface area (Å²) in [5.41, 5.74) is 5.88. The molecule has 1 heterocycles. The zero-order valence-electron chi connectivity index (χ0n) is 11.1. The molecule has 1 aliphatic heterocycles. The minimum Gasteiger partial charge on any atom is -0.481 e. The molecule has 6 nitrogen and oxygen atoms in total. The minimum absolute atomic E-state index is 0.0746. The maximum Gasteiger partial charge on any atom is 0.311 e. The molecule has 4 atom stereocenters. The number of hydrogen-bond acceptors (Lipinski definition) is 4. The highest BCUT2D eigenvalue weighted by atomic mass is 16.5. The quantitative estimate of drug-likeness (QED) is 0.719. The summed E-state index contributed by atoms with van der Waals surface area (Å²) in [7, 11) is 1.60. The average molecular weight is 258 g/mol. The number of rotatable bonds is 5. The Labute approximate surface area is 107 Å². The van der Waals surface area contributed by atoms with Crippen LogP contribution in [0.15, 0.2) is 0 Å². The largest absolute Gasteiger partial charge is 0.481 e. The van der Waals surface area contributed by atoms with Crippen molar-refractivity contribution in [1.82, 2.24) is 4.90 Å². The molecule has 0 saturated carbocycles. The smallest absolute Gasteiger partial charge is 0.311 e.